The van der Waals surface area contributed by atoms with Crippen LogP contribution < -0.4 is 11.1 Å². The summed E-state index contributed by atoms with van der Waals surface area (Å²) in [5.74, 6) is -0.714. The van der Waals surface area contributed by atoms with Crippen molar-refractivity contribution in [3.05, 3.63) is 29.8 Å². The number of amidine groups is 1. The number of nitrogens with one attached hydrogen (secondary N) is 1. The van der Waals surface area contributed by atoms with Crippen LogP contribution in [-0.2, 0) is 9.59 Å². The van der Waals surface area contributed by atoms with E-state index in [4.69, 9.17) is 5.73 Å². The fourth-order valence-corrected chi connectivity index (χ4v) is 2.52. The Morgan fingerprint density at radius 2 is 2.00 bits per heavy atom. The number of carbonyl (C=O) groups excluding carboxylic acids is 3. The number of rotatable bonds is 4. The first-order valence-electron chi connectivity index (χ1n) is 5.91. The van der Waals surface area contributed by atoms with Crippen LogP contribution in [-0.4, -0.2) is 28.0 Å². The van der Waals surface area contributed by atoms with E-state index in [9.17, 15) is 14.4 Å². The predicted octanol–water partition coefficient (Wildman–Crippen LogP) is 1.17. The Kier molecular flexibility index (Phi) is 4.19. The van der Waals surface area contributed by atoms with Crippen LogP contribution in [0, 0.1) is 0 Å². The zero-order valence-electron chi connectivity index (χ0n) is 10.8. The molecule has 0 bridgehead atoms. The highest BCUT2D eigenvalue weighted by Crippen LogP contribution is 2.23. The smallest absolute Gasteiger partial charge is 0.262 e. The van der Waals surface area contributed by atoms with E-state index >= 15 is 0 Å². The summed E-state index contributed by atoms with van der Waals surface area (Å²) in [5.41, 5.74) is 6.57. The Morgan fingerprint density at radius 1 is 1.35 bits per heavy atom. The molecule has 0 fully saturated rings. The van der Waals surface area contributed by atoms with E-state index in [1.165, 1.54) is 6.92 Å². The number of anilines is 1. The number of carbonyl (C=O) groups is 3. The molecule has 0 unspecified atom stereocenters. The largest absolute Gasteiger partial charge is 0.378 e. The Hall–Kier alpha value is -2.15. The highest BCUT2D eigenvalue weighted by atomic mass is 32.2. The Balaban J connectivity index is 1.92. The van der Waals surface area contributed by atoms with Crippen molar-refractivity contribution in [1.82, 2.24) is 0 Å². The Labute approximate surface area is 119 Å². The van der Waals surface area contributed by atoms with Crippen LogP contribution in [0.5, 0.6) is 0 Å². The number of ketones is 1. The number of Topliss-reactive ketones (excluding diaryl/α,β-unsaturated/α-hetero) is 1. The van der Waals surface area contributed by atoms with Crippen molar-refractivity contribution in [3.8, 4) is 0 Å². The second kappa shape index (κ2) is 5.87. The molecule has 1 aliphatic heterocycles. The summed E-state index contributed by atoms with van der Waals surface area (Å²) in [4.78, 5) is 37.9. The fourth-order valence-electron chi connectivity index (χ4n) is 1.70. The van der Waals surface area contributed by atoms with E-state index in [0.717, 1.165) is 11.8 Å². The van der Waals surface area contributed by atoms with Gasteiger partial charge in [-0.05, 0) is 31.2 Å². The summed E-state index contributed by atoms with van der Waals surface area (Å²) in [6.07, 6.45) is 0.0160. The maximum atomic E-state index is 11.8. The first-order valence-corrected chi connectivity index (χ1v) is 6.79. The van der Waals surface area contributed by atoms with Crippen LogP contribution in [0.25, 0.3) is 0 Å². The number of aliphatic imine (C=N–C) groups is 1. The van der Waals surface area contributed by atoms with Gasteiger partial charge in [0.15, 0.2) is 11.0 Å². The first kappa shape index (κ1) is 14.3. The van der Waals surface area contributed by atoms with Crippen molar-refractivity contribution in [3.63, 3.8) is 0 Å². The molecule has 6 nitrogen and oxygen atoms in total. The van der Waals surface area contributed by atoms with Gasteiger partial charge in [0, 0.05) is 17.7 Å². The van der Waals surface area contributed by atoms with Gasteiger partial charge in [0.05, 0.1) is 0 Å². The van der Waals surface area contributed by atoms with Crippen molar-refractivity contribution < 1.29 is 14.4 Å². The van der Waals surface area contributed by atoms with Gasteiger partial charge in [-0.15, -0.1) is 0 Å². The van der Waals surface area contributed by atoms with Gasteiger partial charge in [0.1, 0.15) is 5.25 Å². The number of hydrogen-bond acceptors (Lipinski definition) is 5. The molecule has 1 aromatic carbocycles. The standard InChI is InChI=1S/C13H13N3O3S/c1-7(17)8-2-4-9(5-3-8)15-11(18)6-10-12(19)16-13(14)20-10/h2-5,10H,6H2,1H3,(H,15,18)(H2,14,16,19)/t10-/m0/s1. The molecule has 2 amide bonds. The third-order valence-electron chi connectivity index (χ3n) is 2.70. The van der Waals surface area contributed by atoms with Gasteiger partial charge in [0.2, 0.25) is 5.91 Å². The molecular formula is C13H13N3O3S. The average Bonchev–Trinajstić information content (AvgIpc) is 2.68. The van der Waals surface area contributed by atoms with Gasteiger partial charge in [-0.3, -0.25) is 14.4 Å². The summed E-state index contributed by atoms with van der Waals surface area (Å²) in [6, 6.07) is 6.55. The maximum Gasteiger partial charge on any atom is 0.262 e. The van der Waals surface area contributed by atoms with Crippen LogP contribution in [0.15, 0.2) is 29.3 Å². The maximum absolute atomic E-state index is 11.8. The summed E-state index contributed by atoms with van der Waals surface area (Å²) < 4.78 is 0. The molecule has 0 radical (unpaired) electrons. The lowest BCUT2D eigenvalue weighted by molar-refractivity contribution is -0.121. The molecule has 20 heavy (non-hydrogen) atoms. The van der Waals surface area contributed by atoms with Crippen molar-refractivity contribution in [2.45, 2.75) is 18.6 Å². The van der Waals surface area contributed by atoms with Crippen molar-refractivity contribution in [1.29, 1.82) is 0 Å². The van der Waals surface area contributed by atoms with Crippen LogP contribution in [0.3, 0.4) is 0 Å². The molecular weight excluding hydrogens is 278 g/mol. The molecule has 0 aliphatic carbocycles. The Bertz CT molecular complexity index is 595. The average molecular weight is 291 g/mol. The highest BCUT2D eigenvalue weighted by Gasteiger charge is 2.29. The van der Waals surface area contributed by atoms with Crippen LogP contribution >= 0.6 is 11.8 Å². The number of nitrogens with two attached hydrogens (primary N) is 1. The molecule has 104 valence electrons. The van der Waals surface area contributed by atoms with Crippen LogP contribution in [0.2, 0.25) is 0 Å². The van der Waals surface area contributed by atoms with Gasteiger partial charge < -0.3 is 11.1 Å². The van der Waals surface area contributed by atoms with E-state index in [-0.39, 0.29) is 29.2 Å². The number of hydrogen-bond donors (Lipinski definition) is 2. The monoisotopic (exact) mass is 291 g/mol. The van der Waals surface area contributed by atoms with Gasteiger partial charge in [-0.1, -0.05) is 11.8 Å². The minimum Gasteiger partial charge on any atom is -0.378 e. The van der Waals surface area contributed by atoms with E-state index in [2.05, 4.69) is 10.3 Å². The number of thioether (sulfide) groups is 1. The summed E-state index contributed by atoms with van der Waals surface area (Å²) in [7, 11) is 0. The molecule has 1 atom stereocenters. The molecule has 0 spiro atoms. The van der Waals surface area contributed by atoms with E-state index in [1.54, 1.807) is 24.3 Å². The third-order valence-corrected chi connectivity index (χ3v) is 3.69. The van der Waals surface area contributed by atoms with Crippen molar-refractivity contribution in [2.24, 2.45) is 10.7 Å². The van der Waals surface area contributed by atoms with E-state index in [1.807, 2.05) is 0 Å². The second-order valence-corrected chi connectivity index (χ2v) is 5.50. The van der Waals surface area contributed by atoms with Crippen LogP contribution in [0.4, 0.5) is 5.69 Å². The number of nitrogens with zero attached hydrogens (tertiary/aromatic N) is 1. The zero-order chi connectivity index (χ0) is 14.7. The summed E-state index contributed by atoms with van der Waals surface area (Å²) in [6.45, 7) is 1.47. The molecule has 0 aromatic heterocycles. The number of amides is 2. The van der Waals surface area contributed by atoms with Crippen LogP contribution in [0.1, 0.15) is 23.7 Å². The second-order valence-electron chi connectivity index (χ2n) is 4.28. The molecule has 1 aliphatic rings. The lowest BCUT2D eigenvalue weighted by Gasteiger charge is -2.08. The molecule has 7 heteroatoms. The molecule has 0 saturated carbocycles. The third kappa shape index (κ3) is 3.45. The van der Waals surface area contributed by atoms with E-state index in [0.29, 0.717) is 11.3 Å². The SMILES string of the molecule is CC(=O)c1ccc(NC(=O)C[C@@H]2SC(N)=NC2=O)cc1. The minimum atomic E-state index is -0.550. The van der Waals surface area contributed by atoms with Crippen molar-refractivity contribution >= 4 is 40.2 Å². The van der Waals surface area contributed by atoms with E-state index < -0.39 is 5.25 Å². The quantitative estimate of drug-likeness (QED) is 0.811. The molecule has 0 saturated heterocycles. The molecule has 2 rings (SSSR count). The fraction of sp³-hybridized carbons (Fsp3) is 0.231. The first-order chi connectivity index (χ1) is 9.45. The lowest BCUT2D eigenvalue weighted by atomic mass is 10.1. The Morgan fingerprint density at radius 3 is 2.50 bits per heavy atom. The van der Waals surface area contributed by atoms with Gasteiger partial charge in [-0.25, -0.2) is 0 Å². The minimum absolute atomic E-state index is 0.0160. The van der Waals surface area contributed by atoms with Gasteiger partial charge in [-0.2, -0.15) is 4.99 Å². The lowest BCUT2D eigenvalue weighted by Crippen LogP contribution is -2.21. The normalized spacial score (nSPS) is 17.8. The topological polar surface area (TPSA) is 102 Å². The van der Waals surface area contributed by atoms with Gasteiger partial charge in [0.25, 0.3) is 5.91 Å². The molecule has 3 N–H and O–H groups in total. The molecule has 1 heterocycles. The van der Waals surface area contributed by atoms with Gasteiger partial charge >= 0.3 is 0 Å². The summed E-state index contributed by atoms with van der Waals surface area (Å²) in [5, 5.41) is 2.31. The molecule has 1 aromatic rings. The highest BCUT2D eigenvalue weighted by molar-refractivity contribution is 8.15. The number of benzene rings is 1. The summed E-state index contributed by atoms with van der Waals surface area (Å²) >= 11 is 1.09. The van der Waals surface area contributed by atoms with Crippen molar-refractivity contribution in [2.75, 3.05) is 5.32 Å². The predicted molar refractivity (Wildman–Crippen MR) is 77.7 cm³/mol. The zero-order valence-corrected chi connectivity index (χ0v) is 11.6.